The minimum absolute atomic E-state index is 0.196. The van der Waals surface area contributed by atoms with Crippen LogP contribution in [-0.2, 0) is 30.2 Å². The van der Waals surface area contributed by atoms with Crippen LogP contribution in [0.2, 0.25) is 0 Å². The Morgan fingerprint density at radius 3 is 2.76 bits per heavy atom. The fourth-order valence-electron chi connectivity index (χ4n) is 2.21. The van der Waals surface area contributed by atoms with Crippen LogP contribution in [0.3, 0.4) is 0 Å². The number of aromatic nitrogens is 3. The lowest BCUT2D eigenvalue weighted by Crippen LogP contribution is -2.38. The largest absolute Gasteiger partial charge is 0.456 e. The van der Waals surface area contributed by atoms with E-state index in [-0.39, 0.29) is 12.5 Å². The smallest absolute Gasteiger partial charge is 0.331 e. The van der Waals surface area contributed by atoms with Gasteiger partial charge in [-0.15, -0.1) is 0 Å². The molecular weight excluding hydrogens is 326 g/mol. The maximum Gasteiger partial charge on any atom is 0.331 e. The molecule has 0 saturated carbocycles. The molecule has 0 saturated heterocycles. The third kappa shape index (κ3) is 3.42. The Morgan fingerprint density at radius 1 is 1.24 bits per heavy atom. The number of oxazole rings is 1. The molecule has 8 nitrogen and oxygen atoms in total. The predicted molar refractivity (Wildman–Crippen MR) is 89.8 cm³/mol. The van der Waals surface area contributed by atoms with E-state index in [9.17, 15) is 14.4 Å². The van der Waals surface area contributed by atoms with Crippen molar-refractivity contribution in [1.29, 1.82) is 0 Å². The summed E-state index contributed by atoms with van der Waals surface area (Å²) < 4.78 is 12.7. The monoisotopic (exact) mass is 341 g/mol. The van der Waals surface area contributed by atoms with Crippen molar-refractivity contribution in [2.75, 3.05) is 0 Å². The van der Waals surface area contributed by atoms with E-state index in [0.717, 1.165) is 4.57 Å². The van der Waals surface area contributed by atoms with Crippen LogP contribution >= 0.6 is 0 Å². The number of esters is 1. The SMILES string of the molecule is Cn1c(COC(=O)/C=C/c2nc3ccccc3o2)cc(=O)n(C)c1=O. The summed E-state index contributed by atoms with van der Waals surface area (Å²) in [5.41, 5.74) is 0.657. The second kappa shape index (κ2) is 6.60. The summed E-state index contributed by atoms with van der Waals surface area (Å²) >= 11 is 0. The van der Waals surface area contributed by atoms with E-state index in [1.165, 1.54) is 36.9 Å². The number of ether oxygens (including phenoxy) is 1. The van der Waals surface area contributed by atoms with E-state index in [4.69, 9.17) is 9.15 Å². The maximum absolute atomic E-state index is 11.8. The minimum Gasteiger partial charge on any atom is -0.456 e. The van der Waals surface area contributed by atoms with Gasteiger partial charge < -0.3 is 9.15 Å². The Morgan fingerprint density at radius 2 is 2.00 bits per heavy atom. The first-order chi connectivity index (χ1) is 12.0. The summed E-state index contributed by atoms with van der Waals surface area (Å²) in [6, 6.07) is 8.48. The lowest BCUT2D eigenvalue weighted by Gasteiger charge is -2.08. The summed E-state index contributed by atoms with van der Waals surface area (Å²) in [4.78, 5) is 39.4. The van der Waals surface area contributed by atoms with E-state index in [2.05, 4.69) is 4.98 Å². The van der Waals surface area contributed by atoms with Gasteiger partial charge in [0.15, 0.2) is 5.58 Å². The van der Waals surface area contributed by atoms with Gasteiger partial charge in [0.2, 0.25) is 5.89 Å². The third-order valence-electron chi connectivity index (χ3n) is 3.66. The van der Waals surface area contributed by atoms with Crippen LogP contribution in [0, 0.1) is 0 Å². The van der Waals surface area contributed by atoms with Crippen LogP contribution in [0.1, 0.15) is 11.6 Å². The van der Waals surface area contributed by atoms with Gasteiger partial charge >= 0.3 is 11.7 Å². The first-order valence-corrected chi connectivity index (χ1v) is 7.42. The second-order valence-corrected chi connectivity index (χ2v) is 5.34. The minimum atomic E-state index is -0.643. The zero-order valence-corrected chi connectivity index (χ0v) is 13.6. The van der Waals surface area contributed by atoms with E-state index in [0.29, 0.717) is 16.8 Å². The number of fused-ring (bicyclic) bond motifs is 1. The molecule has 3 aromatic rings. The van der Waals surface area contributed by atoms with Crippen LogP contribution in [0.4, 0.5) is 0 Å². The third-order valence-corrected chi connectivity index (χ3v) is 3.66. The summed E-state index contributed by atoms with van der Waals surface area (Å²) in [5.74, 6) is -0.366. The lowest BCUT2D eigenvalue weighted by molar-refractivity contribution is -0.139. The van der Waals surface area contributed by atoms with Crippen molar-refractivity contribution in [3.05, 3.63) is 68.8 Å². The van der Waals surface area contributed by atoms with Gasteiger partial charge in [-0.25, -0.2) is 14.6 Å². The number of hydrogen-bond acceptors (Lipinski definition) is 6. The molecule has 0 aliphatic carbocycles. The van der Waals surface area contributed by atoms with E-state index in [1.807, 2.05) is 12.1 Å². The molecule has 3 rings (SSSR count). The molecule has 0 aliphatic rings. The van der Waals surface area contributed by atoms with Crippen molar-refractivity contribution in [3.8, 4) is 0 Å². The van der Waals surface area contributed by atoms with Crippen molar-refractivity contribution in [3.63, 3.8) is 0 Å². The number of hydrogen-bond donors (Lipinski definition) is 0. The number of carbonyl (C=O) groups excluding carboxylic acids is 1. The quantitative estimate of drug-likeness (QED) is 0.518. The standard InChI is InChI=1S/C17H15N3O5/c1-19-11(9-15(21)20(2)17(19)23)10-24-16(22)8-7-14-18-12-5-3-4-6-13(12)25-14/h3-9H,10H2,1-2H3/b8-7+. The average Bonchev–Trinajstić information content (AvgIpc) is 3.03. The molecule has 0 atom stereocenters. The molecule has 0 N–H and O–H groups in total. The first kappa shape index (κ1) is 16.4. The van der Waals surface area contributed by atoms with Crippen LogP contribution < -0.4 is 11.2 Å². The number of benzene rings is 1. The highest BCUT2D eigenvalue weighted by atomic mass is 16.5. The molecule has 2 aromatic heterocycles. The number of nitrogens with zero attached hydrogens (tertiary/aromatic N) is 3. The van der Waals surface area contributed by atoms with Gasteiger partial charge in [0.25, 0.3) is 5.56 Å². The Kier molecular flexibility index (Phi) is 4.34. The Hall–Kier alpha value is -3.42. The zero-order chi connectivity index (χ0) is 18.0. The predicted octanol–water partition coefficient (Wildman–Crippen LogP) is 0.982. The van der Waals surface area contributed by atoms with Gasteiger partial charge in [0.05, 0.1) is 5.69 Å². The summed E-state index contributed by atoms with van der Waals surface area (Å²) in [6.07, 6.45) is 2.56. The average molecular weight is 341 g/mol. The highest BCUT2D eigenvalue weighted by Gasteiger charge is 2.08. The van der Waals surface area contributed by atoms with Crippen LogP contribution in [0.25, 0.3) is 17.2 Å². The molecule has 0 fully saturated rings. The Labute approximate surface area is 141 Å². The van der Waals surface area contributed by atoms with Gasteiger partial charge in [-0.1, -0.05) is 12.1 Å². The molecule has 128 valence electrons. The molecule has 0 bridgehead atoms. The molecule has 0 spiro atoms. The van der Waals surface area contributed by atoms with E-state index < -0.39 is 17.2 Å². The first-order valence-electron chi connectivity index (χ1n) is 7.42. The summed E-state index contributed by atoms with van der Waals surface area (Å²) in [7, 11) is 2.88. The van der Waals surface area contributed by atoms with E-state index in [1.54, 1.807) is 12.1 Å². The van der Waals surface area contributed by atoms with Gasteiger partial charge in [-0.2, -0.15) is 0 Å². The molecule has 1 aromatic carbocycles. The van der Waals surface area contributed by atoms with Gasteiger partial charge in [0, 0.05) is 32.3 Å². The van der Waals surface area contributed by atoms with Crippen molar-refractivity contribution in [1.82, 2.24) is 14.1 Å². The van der Waals surface area contributed by atoms with Crippen molar-refractivity contribution < 1.29 is 13.9 Å². The normalized spacial score (nSPS) is 11.3. The molecule has 25 heavy (non-hydrogen) atoms. The molecule has 2 heterocycles. The maximum atomic E-state index is 11.8. The molecule has 0 amide bonds. The second-order valence-electron chi connectivity index (χ2n) is 5.34. The van der Waals surface area contributed by atoms with Gasteiger partial charge in [0.1, 0.15) is 12.1 Å². The highest BCUT2D eigenvalue weighted by molar-refractivity contribution is 5.86. The zero-order valence-electron chi connectivity index (χ0n) is 13.6. The highest BCUT2D eigenvalue weighted by Crippen LogP contribution is 2.15. The van der Waals surface area contributed by atoms with Crippen LogP contribution in [-0.4, -0.2) is 20.1 Å². The van der Waals surface area contributed by atoms with Gasteiger partial charge in [-0.05, 0) is 12.1 Å². The fourth-order valence-corrected chi connectivity index (χ4v) is 2.21. The fraction of sp³-hybridized carbons (Fsp3) is 0.176. The molecule has 0 radical (unpaired) electrons. The topological polar surface area (TPSA) is 96.3 Å². The number of carbonyl (C=O) groups is 1. The number of para-hydroxylation sites is 2. The van der Waals surface area contributed by atoms with Crippen LogP contribution in [0.5, 0.6) is 0 Å². The Balaban J connectivity index is 1.69. The van der Waals surface area contributed by atoms with Crippen molar-refractivity contribution >= 4 is 23.1 Å². The van der Waals surface area contributed by atoms with Crippen LogP contribution in [0.15, 0.2) is 50.4 Å². The van der Waals surface area contributed by atoms with E-state index >= 15 is 0 Å². The van der Waals surface area contributed by atoms with Crippen molar-refractivity contribution in [2.45, 2.75) is 6.61 Å². The summed E-state index contributed by atoms with van der Waals surface area (Å²) in [6.45, 7) is -0.196. The molecular formula is C17H15N3O5. The molecule has 8 heteroatoms. The summed E-state index contributed by atoms with van der Waals surface area (Å²) in [5, 5.41) is 0. The molecule has 0 aliphatic heterocycles. The Bertz CT molecular complexity index is 1050. The molecule has 0 unspecified atom stereocenters. The lowest BCUT2D eigenvalue weighted by atomic mass is 10.3. The van der Waals surface area contributed by atoms with Gasteiger partial charge in [-0.3, -0.25) is 13.9 Å². The van der Waals surface area contributed by atoms with Crippen molar-refractivity contribution in [2.24, 2.45) is 14.1 Å². The number of rotatable bonds is 4.